The molecule has 2 heterocycles. The van der Waals surface area contributed by atoms with Crippen molar-refractivity contribution in [2.24, 2.45) is 0 Å². The maximum Gasteiger partial charge on any atom is 0.0652 e. The van der Waals surface area contributed by atoms with Crippen LogP contribution in [0.15, 0.2) is 48.5 Å². The molecule has 0 aliphatic carbocycles. The van der Waals surface area contributed by atoms with Crippen molar-refractivity contribution >= 4 is 11.4 Å². The van der Waals surface area contributed by atoms with Gasteiger partial charge in [-0.15, -0.1) is 0 Å². The standard InChI is InChI=1S/C19H20N4/c1-13-10-18(22-21-13)15-4-2-14(3-5-15)12-23-9-8-16-11-17(20)6-7-19(16)23/h2-7,10-11H,8-9,12,20H2,1H3,(H,21,22). The van der Waals surface area contributed by atoms with Crippen LogP contribution in [0.2, 0.25) is 0 Å². The molecule has 0 atom stereocenters. The van der Waals surface area contributed by atoms with Crippen molar-refractivity contribution in [2.45, 2.75) is 19.9 Å². The summed E-state index contributed by atoms with van der Waals surface area (Å²) in [6.45, 7) is 3.98. The van der Waals surface area contributed by atoms with Crippen molar-refractivity contribution < 1.29 is 0 Å². The molecule has 0 saturated heterocycles. The molecule has 0 amide bonds. The van der Waals surface area contributed by atoms with Gasteiger partial charge < -0.3 is 10.6 Å². The fourth-order valence-corrected chi connectivity index (χ4v) is 3.23. The average Bonchev–Trinajstić information content (AvgIpc) is 3.15. The van der Waals surface area contributed by atoms with E-state index in [9.17, 15) is 0 Å². The fourth-order valence-electron chi connectivity index (χ4n) is 3.23. The van der Waals surface area contributed by atoms with Crippen LogP contribution in [0.5, 0.6) is 0 Å². The van der Waals surface area contributed by atoms with E-state index in [0.717, 1.165) is 36.6 Å². The van der Waals surface area contributed by atoms with E-state index in [4.69, 9.17) is 5.73 Å². The molecular weight excluding hydrogens is 284 g/mol. The van der Waals surface area contributed by atoms with Gasteiger partial charge in [-0.3, -0.25) is 5.10 Å². The van der Waals surface area contributed by atoms with Gasteiger partial charge in [-0.1, -0.05) is 24.3 Å². The van der Waals surface area contributed by atoms with Crippen molar-refractivity contribution in [3.8, 4) is 11.3 Å². The fraction of sp³-hybridized carbons (Fsp3) is 0.211. The minimum atomic E-state index is 0.852. The number of nitrogens with two attached hydrogens (primary N) is 1. The van der Waals surface area contributed by atoms with Crippen LogP contribution in [-0.4, -0.2) is 16.7 Å². The summed E-state index contributed by atoms with van der Waals surface area (Å²) in [6.07, 6.45) is 1.08. The molecule has 0 radical (unpaired) electrons. The van der Waals surface area contributed by atoms with Crippen molar-refractivity contribution in [3.05, 3.63) is 65.4 Å². The van der Waals surface area contributed by atoms with Crippen molar-refractivity contribution in [2.75, 3.05) is 17.2 Å². The molecule has 1 aliphatic heterocycles. The van der Waals surface area contributed by atoms with Crippen molar-refractivity contribution in [1.29, 1.82) is 0 Å². The smallest absolute Gasteiger partial charge is 0.0652 e. The lowest BCUT2D eigenvalue weighted by Crippen LogP contribution is -2.19. The Balaban J connectivity index is 1.52. The molecule has 0 spiro atoms. The summed E-state index contributed by atoms with van der Waals surface area (Å²) in [4.78, 5) is 2.42. The summed E-state index contributed by atoms with van der Waals surface area (Å²) in [5.41, 5.74) is 14.0. The molecular formula is C19H20N4. The first-order chi connectivity index (χ1) is 11.2. The number of nitrogens with zero attached hydrogens (tertiary/aromatic N) is 2. The number of aryl methyl sites for hydroxylation is 1. The Kier molecular flexibility index (Phi) is 3.30. The van der Waals surface area contributed by atoms with Gasteiger partial charge in [-0.25, -0.2) is 0 Å². The van der Waals surface area contributed by atoms with Crippen molar-refractivity contribution in [1.82, 2.24) is 10.2 Å². The number of nitrogens with one attached hydrogen (secondary N) is 1. The maximum absolute atomic E-state index is 5.88. The molecule has 1 aromatic heterocycles. The number of benzene rings is 2. The van der Waals surface area contributed by atoms with Crippen LogP contribution in [0.1, 0.15) is 16.8 Å². The Bertz CT molecular complexity index is 833. The van der Waals surface area contributed by atoms with E-state index in [1.54, 1.807) is 0 Å². The van der Waals surface area contributed by atoms with Gasteiger partial charge in [0.15, 0.2) is 0 Å². The van der Waals surface area contributed by atoms with E-state index < -0.39 is 0 Å². The third-order valence-corrected chi connectivity index (χ3v) is 4.44. The maximum atomic E-state index is 5.88. The first-order valence-electron chi connectivity index (χ1n) is 7.94. The summed E-state index contributed by atoms with van der Waals surface area (Å²) < 4.78 is 0. The lowest BCUT2D eigenvalue weighted by atomic mass is 10.1. The van der Waals surface area contributed by atoms with E-state index in [1.165, 1.54) is 22.4 Å². The zero-order valence-electron chi connectivity index (χ0n) is 13.2. The van der Waals surface area contributed by atoms with Crippen LogP contribution in [-0.2, 0) is 13.0 Å². The highest BCUT2D eigenvalue weighted by Crippen LogP contribution is 2.31. The van der Waals surface area contributed by atoms with Gasteiger partial charge in [0, 0.05) is 24.5 Å². The number of aromatic nitrogens is 2. The Morgan fingerprint density at radius 3 is 2.70 bits per heavy atom. The zero-order chi connectivity index (χ0) is 15.8. The van der Waals surface area contributed by atoms with Crippen molar-refractivity contribution in [3.63, 3.8) is 0 Å². The molecule has 0 bridgehead atoms. The third kappa shape index (κ3) is 2.68. The van der Waals surface area contributed by atoms with E-state index in [0.29, 0.717) is 0 Å². The van der Waals surface area contributed by atoms with E-state index in [-0.39, 0.29) is 0 Å². The van der Waals surface area contributed by atoms with Crippen LogP contribution < -0.4 is 10.6 Å². The highest BCUT2D eigenvalue weighted by atomic mass is 15.1. The molecule has 1 aliphatic rings. The quantitative estimate of drug-likeness (QED) is 0.728. The molecule has 3 aromatic rings. The summed E-state index contributed by atoms with van der Waals surface area (Å²) in [7, 11) is 0. The number of H-pyrrole nitrogens is 1. The number of aromatic amines is 1. The summed E-state index contributed by atoms with van der Waals surface area (Å²) in [5, 5.41) is 7.25. The van der Waals surface area contributed by atoms with Gasteiger partial charge in [0.1, 0.15) is 0 Å². The number of fused-ring (bicyclic) bond motifs is 1. The molecule has 0 fully saturated rings. The Morgan fingerprint density at radius 1 is 1.13 bits per heavy atom. The van der Waals surface area contributed by atoms with Crippen LogP contribution in [0.4, 0.5) is 11.4 Å². The second-order valence-electron chi connectivity index (χ2n) is 6.18. The number of nitrogen functional groups attached to an aromatic ring is 1. The largest absolute Gasteiger partial charge is 0.399 e. The number of hydrogen-bond donors (Lipinski definition) is 2. The predicted molar refractivity (Wildman–Crippen MR) is 94.4 cm³/mol. The predicted octanol–water partition coefficient (Wildman–Crippen LogP) is 3.53. The summed E-state index contributed by atoms with van der Waals surface area (Å²) in [6, 6.07) is 17.0. The van der Waals surface area contributed by atoms with Gasteiger partial charge in [0.05, 0.1) is 11.4 Å². The first kappa shape index (κ1) is 13.9. The van der Waals surface area contributed by atoms with Gasteiger partial charge in [-0.2, -0.15) is 5.10 Å². The van der Waals surface area contributed by atoms with E-state index >= 15 is 0 Å². The highest BCUT2D eigenvalue weighted by Gasteiger charge is 2.19. The normalized spacial score (nSPS) is 13.3. The molecule has 116 valence electrons. The Morgan fingerprint density at radius 2 is 1.96 bits per heavy atom. The third-order valence-electron chi connectivity index (χ3n) is 4.44. The lowest BCUT2D eigenvalue weighted by molar-refractivity contribution is 0.836. The Labute approximate surface area is 135 Å². The lowest BCUT2D eigenvalue weighted by Gasteiger charge is -2.19. The van der Waals surface area contributed by atoms with Gasteiger partial charge in [-0.05, 0) is 54.3 Å². The number of anilines is 2. The molecule has 4 heteroatoms. The second kappa shape index (κ2) is 5.47. The van der Waals surface area contributed by atoms with Gasteiger partial charge in [0.2, 0.25) is 0 Å². The molecule has 4 nitrogen and oxygen atoms in total. The molecule has 4 rings (SSSR count). The number of hydrogen-bond acceptors (Lipinski definition) is 3. The minimum Gasteiger partial charge on any atom is -0.399 e. The summed E-state index contributed by atoms with van der Waals surface area (Å²) >= 11 is 0. The van der Waals surface area contributed by atoms with Crippen LogP contribution in [0.25, 0.3) is 11.3 Å². The molecule has 2 aromatic carbocycles. The molecule has 0 saturated carbocycles. The Hall–Kier alpha value is -2.75. The topological polar surface area (TPSA) is 57.9 Å². The molecule has 23 heavy (non-hydrogen) atoms. The van der Waals surface area contributed by atoms with Crippen LogP contribution in [0.3, 0.4) is 0 Å². The first-order valence-corrected chi connectivity index (χ1v) is 7.94. The van der Waals surface area contributed by atoms with Gasteiger partial charge >= 0.3 is 0 Å². The number of rotatable bonds is 3. The summed E-state index contributed by atoms with van der Waals surface area (Å²) in [5.74, 6) is 0. The monoisotopic (exact) mass is 304 g/mol. The van der Waals surface area contributed by atoms with E-state index in [2.05, 4.69) is 57.6 Å². The SMILES string of the molecule is Cc1cc(-c2ccc(CN3CCc4cc(N)ccc43)cc2)[nH]n1. The highest BCUT2D eigenvalue weighted by molar-refractivity contribution is 5.64. The van der Waals surface area contributed by atoms with Crippen LogP contribution in [0, 0.1) is 6.92 Å². The van der Waals surface area contributed by atoms with Gasteiger partial charge in [0.25, 0.3) is 0 Å². The van der Waals surface area contributed by atoms with Crippen LogP contribution >= 0.6 is 0 Å². The second-order valence-corrected chi connectivity index (χ2v) is 6.18. The van der Waals surface area contributed by atoms with E-state index in [1.807, 2.05) is 13.0 Å². The molecule has 0 unspecified atom stereocenters. The molecule has 3 N–H and O–H groups in total. The average molecular weight is 304 g/mol. The minimum absolute atomic E-state index is 0.852. The zero-order valence-corrected chi connectivity index (χ0v) is 13.2.